The second-order valence-corrected chi connectivity index (χ2v) is 7.34. The molecule has 0 unspecified atom stereocenters. The van der Waals surface area contributed by atoms with Crippen molar-refractivity contribution < 1.29 is 23.1 Å². The molecule has 0 spiro atoms. The van der Waals surface area contributed by atoms with E-state index in [9.17, 15) is 9.36 Å². The average molecular weight is 406 g/mol. The second-order valence-electron chi connectivity index (χ2n) is 4.37. The minimum Gasteiger partial charge on any atom is -0.496 e. The molecule has 0 heterocycles. The van der Waals surface area contributed by atoms with Gasteiger partial charge in [-0.2, -0.15) is 0 Å². The number of nitrogens with one attached hydrogen (secondary N) is 1. The van der Waals surface area contributed by atoms with Crippen LogP contribution in [0.25, 0.3) is 6.08 Å². The zero-order valence-electron chi connectivity index (χ0n) is 13.4. The Morgan fingerprint density at radius 3 is 2.52 bits per heavy atom. The highest BCUT2D eigenvalue weighted by Gasteiger charge is 2.23. The van der Waals surface area contributed by atoms with E-state index in [2.05, 4.69) is 21.2 Å². The molecule has 0 aliphatic heterocycles. The van der Waals surface area contributed by atoms with E-state index in [0.717, 1.165) is 10.0 Å². The molecule has 0 saturated heterocycles. The Labute approximate surface area is 144 Å². The summed E-state index contributed by atoms with van der Waals surface area (Å²) in [6.07, 6.45) is 2.78. The lowest BCUT2D eigenvalue weighted by Crippen LogP contribution is -2.23. The quantitative estimate of drug-likeness (QED) is 0.499. The van der Waals surface area contributed by atoms with E-state index in [1.165, 1.54) is 6.08 Å². The summed E-state index contributed by atoms with van der Waals surface area (Å²) in [7, 11) is -1.73. The Hall–Kier alpha value is -1.14. The summed E-state index contributed by atoms with van der Waals surface area (Å²) >= 11 is 3.36. The number of hydrogen-bond donors (Lipinski definition) is 1. The van der Waals surface area contributed by atoms with Gasteiger partial charge in [-0.15, -0.1) is 0 Å². The summed E-state index contributed by atoms with van der Waals surface area (Å²) in [6.45, 7) is 3.93. The molecule has 0 aliphatic rings. The van der Waals surface area contributed by atoms with Crippen molar-refractivity contribution in [1.29, 1.82) is 0 Å². The summed E-state index contributed by atoms with van der Waals surface area (Å²) < 4.78 is 28.5. The molecule has 0 fully saturated rings. The van der Waals surface area contributed by atoms with Crippen LogP contribution in [0.1, 0.15) is 19.4 Å². The molecule has 1 N–H and O–H groups in total. The molecule has 0 aliphatic carbocycles. The summed E-state index contributed by atoms with van der Waals surface area (Å²) in [5.74, 6) is 0.248. The molecule has 0 bridgehead atoms. The highest BCUT2D eigenvalue weighted by molar-refractivity contribution is 9.10. The van der Waals surface area contributed by atoms with Crippen LogP contribution in [-0.4, -0.2) is 32.5 Å². The van der Waals surface area contributed by atoms with Crippen molar-refractivity contribution >= 4 is 35.5 Å². The molecule has 1 amide bonds. The van der Waals surface area contributed by atoms with E-state index in [4.69, 9.17) is 13.8 Å². The first kappa shape index (κ1) is 19.9. The van der Waals surface area contributed by atoms with Crippen molar-refractivity contribution in [3.05, 3.63) is 34.3 Å². The highest BCUT2D eigenvalue weighted by atomic mass is 79.9. The molecular weight excluding hydrogens is 385 g/mol. The third kappa shape index (κ3) is 6.87. The average Bonchev–Trinajstić information content (AvgIpc) is 2.51. The van der Waals surface area contributed by atoms with Gasteiger partial charge in [0.2, 0.25) is 5.91 Å². The zero-order chi connectivity index (χ0) is 17.3. The number of rotatable bonds is 9. The molecule has 128 valence electrons. The molecule has 8 heteroatoms. The molecule has 0 atom stereocenters. The van der Waals surface area contributed by atoms with Gasteiger partial charge in [0.05, 0.1) is 20.3 Å². The predicted molar refractivity (Wildman–Crippen MR) is 93.6 cm³/mol. The van der Waals surface area contributed by atoms with Crippen LogP contribution in [0.3, 0.4) is 0 Å². The SMILES string of the molecule is CCOP(=O)(CNC(=O)C=Cc1cc(Br)ccc1OC)OCC. The van der Waals surface area contributed by atoms with Crippen LogP contribution in [0.5, 0.6) is 5.75 Å². The van der Waals surface area contributed by atoms with Crippen molar-refractivity contribution in [3.8, 4) is 5.75 Å². The molecule has 1 aromatic rings. The van der Waals surface area contributed by atoms with Crippen molar-refractivity contribution in [2.45, 2.75) is 13.8 Å². The molecule has 6 nitrogen and oxygen atoms in total. The van der Waals surface area contributed by atoms with E-state index in [-0.39, 0.29) is 19.5 Å². The number of benzene rings is 1. The first-order chi connectivity index (χ1) is 10.9. The van der Waals surface area contributed by atoms with Crippen LogP contribution in [0.2, 0.25) is 0 Å². The monoisotopic (exact) mass is 405 g/mol. The number of carbonyl (C=O) groups excluding carboxylic acids is 1. The van der Waals surface area contributed by atoms with Gasteiger partial charge in [0, 0.05) is 16.1 Å². The van der Waals surface area contributed by atoms with Crippen LogP contribution in [0.15, 0.2) is 28.7 Å². The largest absolute Gasteiger partial charge is 0.496 e. The molecule has 23 heavy (non-hydrogen) atoms. The van der Waals surface area contributed by atoms with Gasteiger partial charge in [-0.3, -0.25) is 9.36 Å². The van der Waals surface area contributed by atoms with Crippen molar-refractivity contribution in [2.24, 2.45) is 0 Å². The number of hydrogen-bond acceptors (Lipinski definition) is 5. The number of carbonyl (C=O) groups is 1. The third-order valence-corrected chi connectivity index (χ3v) is 5.05. The zero-order valence-corrected chi connectivity index (χ0v) is 15.9. The maximum Gasteiger partial charge on any atom is 0.349 e. The molecular formula is C15H21BrNO5P. The minimum atomic E-state index is -3.29. The van der Waals surface area contributed by atoms with E-state index in [0.29, 0.717) is 5.75 Å². The van der Waals surface area contributed by atoms with E-state index >= 15 is 0 Å². The lowest BCUT2D eigenvalue weighted by atomic mass is 10.2. The standard InChI is InChI=1S/C15H21BrNO5P/c1-4-21-23(19,22-5-2)11-17-15(18)9-6-12-10-13(16)7-8-14(12)20-3/h6-10H,4-5,11H2,1-3H3,(H,17,18). The fourth-order valence-electron chi connectivity index (χ4n) is 1.76. The summed E-state index contributed by atoms with van der Waals surface area (Å²) in [4.78, 5) is 11.9. The van der Waals surface area contributed by atoms with Gasteiger partial charge in [-0.05, 0) is 38.1 Å². The topological polar surface area (TPSA) is 73.9 Å². The van der Waals surface area contributed by atoms with Gasteiger partial charge in [0.15, 0.2) is 0 Å². The third-order valence-electron chi connectivity index (χ3n) is 2.70. The Balaban J connectivity index is 2.69. The van der Waals surface area contributed by atoms with Gasteiger partial charge in [0.25, 0.3) is 0 Å². The molecule has 1 rings (SSSR count). The number of amides is 1. The van der Waals surface area contributed by atoms with E-state index in [1.807, 2.05) is 12.1 Å². The van der Waals surface area contributed by atoms with Gasteiger partial charge in [-0.25, -0.2) is 0 Å². The maximum absolute atomic E-state index is 12.2. The Kier molecular flexibility index (Phi) is 8.55. The molecule has 1 aromatic carbocycles. The van der Waals surface area contributed by atoms with Crippen LogP contribution < -0.4 is 10.1 Å². The number of halogens is 1. The van der Waals surface area contributed by atoms with Gasteiger partial charge >= 0.3 is 7.60 Å². The van der Waals surface area contributed by atoms with Crippen LogP contribution in [0.4, 0.5) is 0 Å². The summed E-state index contributed by atoms with van der Waals surface area (Å²) in [5, 5.41) is 2.52. The Morgan fingerprint density at radius 2 is 1.96 bits per heavy atom. The van der Waals surface area contributed by atoms with Crippen molar-refractivity contribution in [3.63, 3.8) is 0 Å². The van der Waals surface area contributed by atoms with Gasteiger partial charge in [0.1, 0.15) is 12.0 Å². The van der Waals surface area contributed by atoms with Crippen LogP contribution in [0, 0.1) is 0 Å². The highest BCUT2D eigenvalue weighted by Crippen LogP contribution is 2.46. The molecule has 0 saturated carbocycles. The van der Waals surface area contributed by atoms with Gasteiger partial charge < -0.3 is 19.1 Å². The maximum atomic E-state index is 12.2. The predicted octanol–water partition coefficient (Wildman–Crippen LogP) is 3.81. The number of ether oxygens (including phenoxy) is 1. The number of methoxy groups -OCH3 is 1. The lowest BCUT2D eigenvalue weighted by Gasteiger charge is -2.16. The van der Waals surface area contributed by atoms with Crippen molar-refractivity contribution in [2.75, 3.05) is 26.6 Å². The Morgan fingerprint density at radius 1 is 1.30 bits per heavy atom. The second kappa shape index (κ2) is 9.88. The van der Waals surface area contributed by atoms with Crippen LogP contribution >= 0.6 is 23.5 Å². The fourth-order valence-corrected chi connectivity index (χ4v) is 3.53. The van der Waals surface area contributed by atoms with E-state index < -0.39 is 13.5 Å². The summed E-state index contributed by atoms with van der Waals surface area (Å²) in [6, 6.07) is 5.46. The smallest absolute Gasteiger partial charge is 0.349 e. The summed E-state index contributed by atoms with van der Waals surface area (Å²) in [5.41, 5.74) is 0.745. The Bertz CT molecular complexity index is 596. The minimum absolute atomic E-state index is 0.173. The molecule has 0 aromatic heterocycles. The first-order valence-electron chi connectivity index (χ1n) is 7.11. The van der Waals surface area contributed by atoms with Crippen molar-refractivity contribution in [1.82, 2.24) is 5.32 Å². The molecule has 0 radical (unpaired) electrons. The normalized spacial score (nSPS) is 11.7. The van der Waals surface area contributed by atoms with Crippen LogP contribution in [-0.2, 0) is 18.4 Å². The lowest BCUT2D eigenvalue weighted by molar-refractivity contribution is -0.116. The van der Waals surface area contributed by atoms with Gasteiger partial charge in [-0.1, -0.05) is 15.9 Å². The van der Waals surface area contributed by atoms with E-state index in [1.54, 1.807) is 33.1 Å². The first-order valence-corrected chi connectivity index (χ1v) is 9.63. The fraction of sp³-hybridized carbons (Fsp3) is 0.400.